The van der Waals surface area contributed by atoms with Crippen LogP contribution in [-0.2, 0) is 0 Å². The number of hydrogen-bond donors (Lipinski definition) is 0. The number of methoxy groups -OCH3 is 2. The Morgan fingerprint density at radius 2 is 1.77 bits per heavy atom. The van der Waals surface area contributed by atoms with Crippen molar-refractivity contribution in [3.8, 4) is 17.2 Å². The fraction of sp³-hybridized carbons (Fsp3) is 0.500. The first-order chi connectivity index (χ1) is 14.2. The van der Waals surface area contributed by atoms with Crippen molar-refractivity contribution < 1.29 is 18.6 Å². The fourth-order valence-electron chi connectivity index (χ4n) is 4.67. The highest BCUT2D eigenvalue weighted by Crippen LogP contribution is 2.38. The van der Waals surface area contributed by atoms with E-state index in [1.165, 1.54) is 11.6 Å². The Bertz CT molecular complexity index is 839. The van der Waals surface area contributed by atoms with E-state index in [0.717, 1.165) is 74.7 Å². The second kappa shape index (κ2) is 10.4. The van der Waals surface area contributed by atoms with Crippen molar-refractivity contribution in [2.75, 3.05) is 40.5 Å². The van der Waals surface area contributed by atoms with Gasteiger partial charge < -0.3 is 19.1 Å². The van der Waals surface area contributed by atoms with Crippen LogP contribution in [0.5, 0.6) is 17.2 Å². The highest BCUT2D eigenvalue weighted by molar-refractivity contribution is 5.85. The molecule has 2 aromatic rings. The van der Waals surface area contributed by atoms with Crippen LogP contribution in [0.25, 0.3) is 0 Å². The molecule has 30 heavy (non-hydrogen) atoms. The highest BCUT2D eigenvalue weighted by Gasteiger charge is 2.25. The number of rotatable bonds is 6. The Balaban J connectivity index is 0.00000256. The number of likely N-dealkylation sites (tertiary alicyclic amines) is 1. The molecule has 2 aromatic carbocycles. The average Bonchev–Trinajstić information content (AvgIpc) is 2.77. The van der Waals surface area contributed by atoms with Crippen LogP contribution in [0.3, 0.4) is 0 Å². The van der Waals surface area contributed by atoms with Crippen LogP contribution in [0.15, 0.2) is 36.4 Å². The molecule has 2 heterocycles. The van der Waals surface area contributed by atoms with Gasteiger partial charge >= 0.3 is 0 Å². The molecule has 0 N–H and O–H groups in total. The second-order valence-electron chi connectivity index (χ2n) is 8.04. The summed E-state index contributed by atoms with van der Waals surface area (Å²) in [6.07, 6.45) is 4.32. The number of ether oxygens (including phenoxy) is 3. The van der Waals surface area contributed by atoms with Gasteiger partial charge in [0, 0.05) is 5.56 Å². The molecule has 164 valence electrons. The van der Waals surface area contributed by atoms with E-state index in [1.54, 1.807) is 26.4 Å². The molecule has 1 atom stereocenters. The Labute approximate surface area is 184 Å². The number of halogens is 2. The van der Waals surface area contributed by atoms with Crippen LogP contribution in [-0.4, -0.2) is 45.4 Å². The number of nitrogens with zero attached hydrogens (tertiary/aromatic N) is 1. The molecule has 1 unspecified atom stereocenters. The molecule has 1 fully saturated rings. The van der Waals surface area contributed by atoms with E-state index in [4.69, 9.17) is 14.2 Å². The van der Waals surface area contributed by atoms with E-state index >= 15 is 0 Å². The Morgan fingerprint density at radius 1 is 1.00 bits per heavy atom. The summed E-state index contributed by atoms with van der Waals surface area (Å²) in [6.45, 7) is 3.97. The van der Waals surface area contributed by atoms with Crippen molar-refractivity contribution in [2.45, 2.75) is 37.5 Å². The third-order valence-corrected chi connectivity index (χ3v) is 6.40. The molecule has 0 spiro atoms. The minimum Gasteiger partial charge on any atom is -0.493 e. The largest absolute Gasteiger partial charge is 0.493 e. The van der Waals surface area contributed by atoms with Crippen molar-refractivity contribution in [2.24, 2.45) is 0 Å². The van der Waals surface area contributed by atoms with E-state index in [0.29, 0.717) is 11.8 Å². The molecular weight excluding hydrogens is 405 g/mol. The van der Waals surface area contributed by atoms with Gasteiger partial charge in [0.25, 0.3) is 0 Å². The third-order valence-electron chi connectivity index (χ3n) is 6.40. The Kier molecular flexibility index (Phi) is 7.84. The Hall–Kier alpha value is -1.98. The molecule has 0 aliphatic carbocycles. The summed E-state index contributed by atoms with van der Waals surface area (Å²) in [5.41, 5.74) is 2.37. The first-order valence-electron chi connectivity index (χ1n) is 10.5. The van der Waals surface area contributed by atoms with Crippen LogP contribution >= 0.6 is 12.4 Å². The van der Waals surface area contributed by atoms with Crippen molar-refractivity contribution in [3.05, 3.63) is 53.3 Å². The number of fused-ring (bicyclic) bond motifs is 1. The SMILES string of the molecule is COc1ccc(C2CCN(CCC3CCOc4ccc(F)cc43)CC2)cc1OC.Cl. The molecule has 4 nitrogen and oxygen atoms in total. The van der Waals surface area contributed by atoms with E-state index in [-0.39, 0.29) is 18.2 Å². The van der Waals surface area contributed by atoms with Gasteiger partial charge in [0.2, 0.25) is 0 Å². The van der Waals surface area contributed by atoms with E-state index in [2.05, 4.69) is 17.0 Å². The van der Waals surface area contributed by atoms with Gasteiger partial charge in [0.15, 0.2) is 11.5 Å². The van der Waals surface area contributed by atoms with Gasteiger partial charge in [-0.1, -0.05) is 6.07 Å². The summed E-state index contributed by atoms with van der Waals surface area (Å²) in [5, 5.41) is 0. The van der Waals surface area contributed by atoms with E-state index in [1.807, 2.05) is 6.07 Å². The van der Waals surface area contributed by atoms with Crippen LogP contribution < -0.4 is 14.2 Å². The zero-order valence-corrected chi connectivity index (χ0v) is 18.6. The zero-order valence-electron chi connectivity index (χ0n) is 17.7. The zero-order chi connectivity index (χ0) is 20.2. The second-order valence-corrected chi connectivity index (χ2v) is 8.04. The molecule has 0 bridgehead atoms. The topological polar surface area (TPSA) is 30.9 Å². The monoisotopic (exact) mass is 435 g/mol. The minimum absolute atomic E-state index is 0. The quantitative estimate of drug-likeness (QED) is 0.607. The van der Waals surface area contributed by atoms with Crippen molar-refractivity contribution >= 4 is 12.4 Å². The maximum absolute atomic E-state index is 13.7. The molecule has 2 aliphatic rings. The van der Waals surface area contributed by atoms with Gasteiger partial charge in [0.05, 0.1) is 20.8 Å². The van der Waals surface area contributed by atoms with E-state index < -0.39 is 0 Å². The molecule has 0 amide bonds. The molecular formula is C24H31ClFNO3. The van der Waals surface area contributed by atoms with Crippen LogP contribution in [0.4, 0.5) is 4.39 Å². The summed E-state index contributed by atoms with van der Waals surface area (Å²) < 4.78 is 30.2. The predicted octanol–water partition coefficient (Wildman–Crippen LogP) is 5.40. The maximum atomic E-state index is 13.7. The van der Waals surface area contributed by atoms with Gasteiger partial charge in [-0.2, -0.15) is 0 Å². The fourth-order valence-corrected chi connectivity index (χ4v) is 4.67. The van der Waals surface area contributed by atoms with Crippen molar-refractivity contribution in [3.63, 3.8) is 0 Å². The lowest BCUT2D eigenvalue weighted by Gasteiger charge is -2.34. The molecule has 0 aromatic heterocycles. The first kappa shape index (κ1) is 22.7. The van der Waals surface area contributed by atoms with Gasteiger partial charge in [-0.15, -0.1) is 12.4 Å². The van der Waals surface area contributed by atoms with Crippen LogP contribution in [0, 0.1) is 5.82 Å². The minimum atomic E-state index is -0.171. The first-order valence-corrected chi connectivity index (χ1v) is 10.5. The van der Waals surface area contributed by atoms with Crippen LogP contribution in [0.1, 0.15) is 48.6 Å². The summed E-state index contributed by atoms with van der Waals surface area (Å²) in [6, 6.07) is 11.2. The highest BCUT2D eigenvalue weighted by atomic mass is 35.5. The van der Waals surface area contributed by atoms with Gasteiger partial charge in [0.1, 0.15) is 11.6 Å². The molecule has 0 saturated carbocycles. The lowest BCUT2D eigenvalue weighted by atomic mass is 9.87. The van der Waals surface area contributed by atoms with E-state index in [9.17, 15) is 4.39 Å². The lowest BCUT2D eigenvalue weighted by Crippen LogP contribution is -2.34. The molecule has 6 heteroatoms. The average molecular weight is 436 g/mol. The standard InChI is InChI=1S/C24H30FNO3.ClH/c1-27-23-5-3-19(15-24(23)28-2)17-7-11-26(12-8-17)13-9-18-10-14-29-22-6-4-20(25)16-21(18)22;/h3-6,15-18H,7-14H2,1-2H3;1H. The van der Waals surface area contributed by atoms with Crippen LogP contribution in [0.2, 0.25) is 0 Å². The number of piperidine rings is 1. The van der Waals surface area contributed by atoms with Crippen molar-refractivity contribution in [1.29, 1.82) is 0 Å². The van der Waals surface area contributed by atoms with Gasteiger partial charge in [-0.25, -0.2) is 4.39 Å². The number of hydrogen-bond acceptors (Lipinski definition) is 4. The lowest BCUT2D eigenvalue weighted by molar-refractivity contribution is 0.194. The summed E-state index contributed by atoms with van der Waals surface area (Å²) in [5.74, 6) is 3.21. The molecule has 2 aliphatic heterocycles. The normalized spacial score (nSPS) is 19.4. The Morgan fingerprint density at radius 3 is 2.50 bits per heavy atom. The maximum Gasteiger partial charge on any atom is 0.160 e. The summed E-state index contributed by atoms with van der Waals surface area (Å²) in [7, 11) is 3.35. The number of benzene rings is 2. The van der Waals surface area contributed by atoms with Gasteiger partial charge in [-0.3, -0.25) is 0 Å². The predicted molar refractivity (Wildman–Crippen MR) is 119 cm³/mol. The molecule has 0 radical (unpaired) electrons. The summed E-state index contributed by atoms with van der Waals surface area (Å²) in [4.78, 5) is 2.55. The molecule has 1 saturated heterocycles. The smallest absolute Gasteiger partial charge is 0.160 e. The van der Waals surface area contributed by atoms with Crippen molar-refractivity contribution in [1.82, 2.24) is 4.90 Å². The molecule has 4 rings (SSSR count). The summed E-state index contributed by atoms with van der Waals surface area (Å²) >= 11 is 0. The van der Waals surface area contributed by atoms with Gasteiger partial charge in [-0.05, 0) is 93.0 Å². The third kappa shape index (κ3) is 5.01.